The molecule has 7 nitrogen and oxygen atoms in total. The van der Waals surface area contributed by atoms with Crippen LogP contribution in [0, 0.1) is 13.8 Å². The van der Waals surface area contributed by atoms with Gasteiger partial charge < -0.3 is 9.84 Å². The molecular formula is C18H20ClN5O2. The molecule has 0 aliphatic heterocycles. The lowest BCUT2D eigenvalue weighted by Crippen LogP contribution is -2.33. The van der Waals surface area contributed by atoms with E-state index in [2.05, 4.69) is 20.6 Å². The standard InChI is InChI=1S/C18H20ClN5O2/c1-4-15(24-12(3)9-11(2)22-24)17(25)20-10-16-21-18(26-23-16)13-5-7-14(19)8-6-13/h5-9,15H,4,10H2,1-3H3,(H,20,25)/t15-/m1/s1. The summed E-state index contributed by atoms with van der Waals surface area (Å²) in [6.07, 6.45) is 0.635. The van der Waals surface area contributed by atoms with Crippen molar-refractivity contribution < 1.29 is 9.32 Å². The Morgan fingerprint density at radius 2 is 2.04 bits per heavy atom. The fourth-order valence-corrected chi connectivity index (χ4v) is 2.88. The van der Waals surface area contributed by atoms with E-state index < -0.39 is 0 Å². The number of amides is 1. The third-order valence-electron chi connectivity index (χ3n) is 4.01. The van der Waals surface area contributed by atoms with Crippen molar-refractivity contribution in [2.45, 2.75) is 39.8 Å². The first-order chi connectivity index (χ1) is 12.5. The molecule has 2 heterocycles. The van der Waals surface area contributed by atoms with Gasteiger partial charge in [0.15, 0.2) is 5.82 Å². The zero-order valence-electron chi connectivity index (χ0n) is 14.9. The average Bonchev–Trinajstić information content (AvgIpc) is 3.21. The monoisotopic (exact) mass is 373 g/mol. The SMILES string of the molecule is CC[C@H](C(=O)NCc1noc(-c2ccc(Cl)cc2)n1)n1nc(C)cc1C. The molecule has 1 amide bonds. The average molecular weight is 374 g/mol. The topological polar surface area (TPSA) is 85.8 Å². The predicted octanol–water partition coefficient (Wildman–Crippen LogP) is 3.47. The second kappa shape index (κ2) is 7.70. The van der Waals surface area contributed by atoms with Crippen LogP contribution in [0.25, 0.3) is 11.5 Å². The largest absolute Gasteiger partial charge is 0.347 e. The van der Waals surface area contributed by atoms with Gasteiger partial charge in [-0.3, -0.25) is 9.48 Å². The van der Waals surface area contributed by atoms with Crippen LogP contribution in [0.2, 0.25) is 5.02 Å². The van der Waals surface area contributed by atoms with Gasteiger partial charge >= 0.3 is 0 Å². The van der Waals surface area contributed by atoms with E-state index in [0.29, 0.717) is 23.2 Å². The number of halogens is 1. The second-order valence-corrected chi connectivity index (χ2v) is 6.47. The summed E-state index contributed by atoms with van der Waals surface area (Å²) < 4.78 is 6.99. The predicted molar refractivity (Wildman–Crippen MR) is 97.6 cm³/mol. The Hall–Kier alpha value is -2.67. The molecule has 0 unspecified atom stereocenters. The molecule has 1 atom stereocenters. The third kappa shape index (κ3) is 3.94. The van der Waals surface area contributed by atoms with Gasteiger partial charge in [-0.05, 0) is 50.6 Å². The van der Waals surface area contributed by atoms with Gasteiger partial charge in [-0.15, -0.1) is 0 Å². The minimum Gasteiger partial charge on any atom is -0.347 e. The van der Waals surface area contributed by atoms with Gasteiger partial charge in [0.2, 0.25) is 5.91 Å². The van der Waals surface area contributed by atoms with Crippen LogP contribution >= 0.6 is 11.6 Å². The Kier molecular flexibility index (Phi) is 5.37. The minimum absolute atomic E-state index is 0.128. The molecular weight excluding hydrogens is 354 g/mol. The van der Waals surface area contributed by atoms with Crippen LogP contribution in [0.3, 0.4) is 0 Å². The fourth-order valence-electron chi connectivity index (χ4n) is 2.75. The number of nitrogens with zero attached hydrogens (tertiary/aromatic N) is 4. The number of aryl methyl sites for hydroxylation is 2. The van der Waals surface area contributed by atoms with Crippen molar-refractivity contribution in [1.29, 1.82) is 0 Å². The molecule has 0 bridgehead atoms. The lowest BCUT2D eigenvalue weighted by molar-refractivity contribution is -0.125. The first kappa shape index (κ1) is 18.1. The Balaban J connectivity index is 1.66. The first-order valence-corrected chi connectivity index (χ1v) is 8.74. The summed E-state index contributed by atoms with van der Waals surface area (Å²) in [5.74, 6) is 0.666. The zero-order valence-corrected chi connectivity index (χ0v) is 15.6. The van der Waals surface area contributed by atoms with E-state index >= 15 is 0 Å². The molecule has 3 aromatic rings. The van der Waals surface area contributed by atoms with Gasteiger partial charge in [0.1, 0.15) is 6.04 Å². The molecule has 0 saturated heterocycles. The van der Waals surface area contributed by atoms with Crippen molar-refractivity contribution in [3.63, 3.8) is 0 Å². The van der Waals surface area contributed by atoms with Crippen LogP contribution in [0.15, 0.2) is 34.9 Å². The highest BCUT2D eigenvalue weighted by atomic mass is 35.5. The molecule has 1 N–H and O–H groups in total. The number of hydrogen-bond acceptors (Lipinski definition) is 5. The Morgan fingerprint density at radius 3 is 2.65 bits per heavy atom. The van der Waals surface area contributed by atoms with Crippen LogP contribution in [0.1, 0.15) is 36.6 Å². The van der Waals surface area contributed by atoms with E-state index in [9.17, 15) is 4.79 Å². The molecule has 2 aromatic heterocycles. The molecule has 0 radical (unpaired) electrons. The van der Waals surface area contributed by atoms with Crippen LogP contribution in [0.4, 0.5) is 0 Å². The molecule has 0 aliphatic rings. The summed E-state index contributed by atoms with van der Waals surface area (Å²) in [6, 6.07) is 8.69. The van der Waals surface area contributed by atoms with Gasteiger partial charge in [-0.25, -0.2) is 0 Å². The summed E-state index contributed by atoms with van der Waals surface area (Å²) in [4.78, 5) is 16.9. The maximum atomic E-state index is 12.6. The van der Waals surface area contributed by atoms with Crippen molar-refractivity contribution in [2.75, 3.05) is 0 Å². The smallest absolute Gasteiger partial charge is 0.257 e. The van der Waals surface area contributed by atoms with E-state index in [4.69, 9.17) is 16.1 Å². The summed E-state index contributed by atoms with van der Waals surface area (Å²) in [5, 5.41) is 11.8. The van der Waals surface area contributed by atoms with E-state index in [1.807, 2.05) is 26.8 Å². The maximum absolute atomic E-state index is 12.6. The van der Waals surface area contributed by atoms with Gasteiger partial charge in [0.25, 0.3) is 5.89 Å². The second-order valence-electron chi connectivity index (χ2n) is 6.04. The number of carbonyl (C=O) groups excluding carboxylic acids is 1. The molecule has 1 aromatic carbocycles. The molecule has 0 saturated carbocycles. The molecule has 0 fully saturated rings. The maximum Gasteiger partial charge on any atom is 0.257 e. The van der Waals surface area contributed by atoms with Gasteiger partial charge in [-0.2, -0.15) is 10.1 Å². The normalized spacial score (nSPS) is 12.2. The van der Waals surface area contributed by atoms with Gasteiger partial charge in [0, 0.05) is 16.3 Å². The Bertz CT molecular complexity index is 901. The van der Waals surface area contributed by atoms with Crippen LogP contribution in [0.5, 0.6) is 0 Å². The molecule has 26 heavy (non-hydrogen) atoms. The first-order valence-electron chi connectivity index (χ1n) is 8.37. The molecule has 0 spiro atoms. The number of rotatable bonds is 6. The molecule has 8 heteroatoms. The van der Waals surface area contributed by atoms with Crippen molar-refractivity contribution in [2.24, 2.45) is 0 Å². The lowest BCUT2D eigenvalue weighted by Gasteiger charge is -2.16. The third-order valence-corrected chi connectivity index (χ3v) is 4.26. The van der Waals surface area contributed by atoms with Gasteiger partial charge in [0.05, 0.1) is 12.2 Å². The van der Waals surface area contributed by atoms with Crippen molar-refractivity contribution in [3.05, 3.63) is 52.6 Å². The zero-order chi connectivity index (χ0) is 18.7. The minimum atomic E-state index is -0.369. The molecule has 3 rings (SSSR count). The number of aromatic nitrogens is 4. The highest BCUT2D eigenvalue weighted by Gasteiger charge is 2.21. The molecule has 136 valence electrons. The Morgan fingerprint density at radius 1 is 1.31 bits per heavy atom. The van der Waals surface area contributed by atoms with E-state index in [1.165, 1.54) is 0 Å². The van der Waals surface area contributed by atoms with E-state index in [-0.39, 0.29) is 18.5 Å². The van der Waals surface area contributed by atoms with E-state index in [1.54, 1.807) is 28.9 Å². The highest BCUT2D eigenvalue weighted by molar-refractivity contribution is 6.30. The van der Waals surface area contributed by atoms with Crippen LogP contribution in [-0.4, -0.2) is 25.8 Å². The van der Waals surface area contributed by atoms with Gasteiger partial charge in [-0.1, -0.05) is 23.7 Å². The Labute approximate surface area is 156 Å². The number of hydrogen-bond donors (Lipinski definition) is 1. The summed E-state index contributed by atoms with van der Waals surface area (Å²) in [5.41, 5.74) is 2.61. The van der Waals surface area contributed by atoms with Crippen LogP contribution in [-0.2, 0) is 11.3 Å². The summed E-state index contributed by atoms with van der Waals surface area (Å²) in [6.45, 7) is 5.98. The van der Waals surface area contributed by atoms with E-state index in [0.717, 1.165) is 17.0 Å². The van der Waals surface area contributed by atoms with Crippen molar-refractivity contribution in [1.82, 2.24) is 25.2 Å². The molecule has 0 aliphatic carbocycles. The van der Waals surface area contributed by atoms with Crippen molar-refractivity contribution in [3.8, 4) is 11.5 Å². The number of nitrogens with one attached hydrogen (secondary N) is 1. The quantitative estimate of drug-likeness (QED) is 0.715. The number of benzene rings is 1. The van der Waals surface area contributed by atoms with Crippen LogP contribution < -0.4 is 5.32 Å². The van der Waals surface area contributed by atoms with Crippen molar-refractivity contribution >= 4 is 17.5 Å². The summed E-state index contributed by atoms with van der Waals surface area (Å²) >= 11 is 5.87. The highest BCUT2D eigenvalue weighted by Crippen LogP contribution is 2.20. The fraction of sp³-hybridized carbons (Fsp3) is 0.333. The number of carbonyl (C=O) groups is 1. The summed E-state index contributed by atoms with van der Waals surface area (Å²) in [7, 11) is 0. The lowest BCUT2D eigenvalue weighted by atomic mass is 10.2.